The third-order valence-electron chi connectivity index (χ3n) is 9.43. The minimum atomic E-state index is -0.386. The first-order valence-electron chi connectivity index (χ1n) is 18.8. The van der Waals surface area contributed by atoms with Crippen LogP contribution in [0.1, 0.15) is 27.3 Å². The van der Waals surface area contributed by atoms with E-state index in [1.54, 1.807) is 32.5 Å². The van der Waals surface area contributed by atoms with Crippen molar-refractivity contribution in [3.8, 4) is 45.6 Å². The van der Waals surface area contributed by atoms with Gasteiger partial charge in [-0.25, -0.2) is 18.7 Å². The number of halogens is 2. The molecule has 0 unspecified atom stereocenters. The van der Waals surface area contributed by atoms with E-state index in [4.69, 9.17) is 14.5 Å². The average Bonchev–Trinajstić information content (AvgIpc) is 3.91. The van der Waals surface area contributed by atoms with Gasteiger partial charge >= 0.3 is 0 Å². The summed E-state index contributed by atoms with van der Waals surface area (Å²) >= 11 is 0. The van der Waals surface area contributed by atoms with Crippen molar-refractivity contribution in [1.82, 2.24) is 19.1 Å². The molecular formula is C48H42F2N6O3. The van der Waals surface area contributed by atoms with Gasteiger partial charge in [0.2, 0.25) is 0 Å². The van der Waals surface area contributed by atoms with E-state index >= 15 is 0 Å². The monoisotopic (exact) mass is 788 g/mol. The van der Waals surface area contributed by atoms with Gasteiger partial charge in [-0.1, -0.05) is 59.7 Å². The maximum Gasteiger partial charge on any atom is 0.275 e. The highest BCUT2D eigenvalue weighted by Gasteiger charge is 2.20. The van der Waals surface area contributed by atoms with Gasteiger partial charge in [-0.15, -0.1) is 0 Å². The van der Waals surface area contributed by atoms with Crippen LogP contribution in [0.5, 0.6) is 11.5 Å². The van der Waals surface area contributed by atoms with E-state index in [1.165, 1.54) is 42.0 Å². The van der Waals surface area contributed by atoms with Crippen molar-refractivity contribution < 1.29 is 23.0 Å². The van der Waals surface area contributed by atoms with Crippen molar-refractivity contribution in [2.45, 2.75) is 20.4 Å². The molecule has 6 aromatic carbocycles. The van der Waals surface area contributed by atoms with Gasteiger partial charge in [0.1, 0.15) is 40.5 Å². The lowest BCUT2D eigenvalue weighted by molar-refractivity contribution is 0.102. The van der Waals surface area contributed by atoms with E-state index in [2.05, 4.69) is 51.4 Å². The second-order valence-corrected chi connectivity index (χ2v) is 13.6. The second-order valence-electron chi connectivity index (χ2n) is 13.6. The third kappa shape index (κ3) is 9.54. The van der Waals surface area contributed by atoms with Gasteiger partial charge in [-0.05, 0) is 111 Å². The number of carbonyl (C=O) groups is 1. The molecule has 9 nitrogen and oxygen atoms in total. The lowest BCUT2D eigenvalue weighted by atomic mass is 10.1. The molecule has 0 bridgehead atoms. The summed E-state index contributed by atoms with van der Waals surface area (Å²) in [6.45, 7) is 4.60. The molecule has 296 valence electrons. The van der Waals surface area contributed by atoms with Crippen LogP contribution in [-0.4, -0.2) is 39.2 Å². The number of rotatable bonds is 11. The first-order chi connectivity index (χ1) is 28.7. The molecule has 0 saturated heterocycles. The van der Waals surface area contributed by atoms with Crippen molar-refractivity contribution in [3.05, 3.63) is 192 Å². The minimum absolute atomic E-state index is 0.237. The van der Waals surface area contributed by atoms with Crippen LogP contribution in [0.15, 0.2) is 158 Å². The topological polar surface area (TPSA) is 95.2 Å². The third-order valence-corrected chi connectivity index (χ3v) is 9.43. The Morgan fingerprint density at radius 2 is 1.03 bits per heavy atom. The molecule has 0 spiro atoms. The number of benzene rings is 6. The second kappa shape index (κ2) is 18.2. The van der Waals surface area contributed by atoms with Crippen LogP contribution in [0.2, 0.25) is 0 Å². The number of aryl methyl sites for hydroxylation is 2. The molecule has 0 aliphatic heterocycles. The zero-order valence-electron chi connectivity index (χ0n) is 33.0. The maximum atomic E-state index is 13.1. The predicted molar refractivity (Wildman–Crippen MR) is 229 cm³/mol. The van der Waals surface area contributed by atoms with Gasteiger partial charge in [0.05, 0.1) is 37.6 Å². The summed E-state index contributed by atoms with van der Waals surface area (Å²) in [5.41, 5.74) is 8.35. The van der Waals surface area contributed by atoms with E-state index in [1.807, 2.05) is 90.5 Å². The Hall–Kier alpha value is -7.53. The van der Waals surface area contributed by atoms with Gasteiger partial charge in [0.15, 0.2) is 0 Å². The Labute approximate surface area is 341 Å². The van der Waals surface area contributed by atoms with E-state index in [-0.39, 0.29) is 23.2 Å². The first-order valence-corrected chi connectivity index (χ1v) is 18.8. The summed E-state index contributed by atoms with van der Waals surface area (Å²) in [6.07, 6.45) is 3.70. The molecule has 11 heteroatoms. The quantitative estimate of drug-likeness (QED) is 0.136. The van der Waals surface area contributed by atoms with Gasteiger partial charge in [-0.2, -0.15) is 0 Å². The van der Waals surface area contributed by atoms with Crippen LogP contribution in [-0.2, 0) is 6.54 Å². The molecule has 0 aliphatic carbocycles. The van der Waals surface area contributed by atoms with E-state index in [0.717, 1.165) is 51.0 Å². The van der Waals surface area contributed by atoms with Gasteiger partial charge in [-0.3, -0.25) is 13.9 Å². The van der Waals surface area contributed by atoms with E-state index in [9.17, 15) is 13.6 Å². The van der Waals surface area contributed by atoms with E-state index in [0.29, 0.717) is 23.8 Å². The molecule has 59 heavy (non-hydrogen) atoms. The Bertz CT molecular complexity index is 2660. The lowest BCUT2D eigenvalue weighted by Crippen LogP contribution is -2.12. The van der Waals surface area contributed by atoms with Crippen molar-refractivity contribution >= 4 is 17.3 Å². The van der Waals surface area contributed by atoms with Crippen molar-refractivity contribution in [2.24, 2.45) is 0 Å². The molecule has 0 aliphatic rings. The molecule has 0 atom stereocenters. The van der Waals surface area contributed by atoms with E-state index < -0.39 is 0 Å². The van der Waals surface area contributed by atoms with Crippen LogP contribution in [0.4, 0.5) is 20.2 Å². The standard InChI is InChI=1S/C24H20FN3O2.C24H22FN3O/c1-16-7-13-19(14-8-16)28-15-21(24(29)26-18-11-9-17(25)10-12-18)27-23(28)20-5-3-4-6-22(20)30-2;1-17-7-13-21(14-8-17)28-16-20(15-26-19-11-9-18(25)10-12-19)27-24(28)22-5-3-4-6-23(22)29-2/h3-15H,1-2H3,(H,26,29);3-14,16,26H,15H2,1-2H3. The number of methoxy groups -OCH3 is 2. The number of amides is 1. The predicted octanol–water partition coefficient (Wildman–Crippen LogP) is 10.9. The maximum absolute atomic E-state index is 13.1. The molecule has 0 radical (unpaired) electrons. The number of nitrogens with one attached hydrogen (secondary N) is 2. The van der Waals surface area contributed by atoms with Crippen LogP contribution >= 0.6 is 0 Å². The Kier molecular flexibility index (Phi) is 12.2. The van der Waals surface area contributed by atoms with Crippen LogP contribution < -0.4 is 20.1 Å². The van der Waals surface area contributed by atoms with Crippen molar-refractivity contribution in [3.63, 3.8) is 0 Å². The van der Waals surface area contributed by atoms with Crippen molar-refractivity contribution in [2.75, 3.05) is 24.9 Å². The molecule has 2 heterocycles. The average molecular weight is 789 g/mol. The fourth-order valence-electron chi connectivity index (χ4n) is 6.34. The molecule has 8 rings (SSSR count). The molecule has 2 aromatic heterocycles. The van der Waals surface area contributed by atoms with Crippen LogP contribution in [0.25, 0.3) is 34.2 Å². The first kappa shape index (κ1) is 39.7. The normalized spacial score (nSPS) is 10.7. The molecule has 8 aromatic rings. The number of aromatic nitrogens is 4. The molecule has 0 fully saturated rings. The van der Waals surface area contributed by atoms with Crippen LogP contribution in [0.3, 0.4) is 0 Å². The number of hydrogen-bond acceptors (Lipinski definition) is 6. The number of ether oxygens (including phenoxy) is 2. The Morgan fingerprint density at radius 3 is 1.54 bits per heavy atom. The summed E-state index contributed by atoms with van der Waals surface area (Å²) < 4.78 is 41.2. The summed E-state index contributed by atoms with van der Waals surface area (Å²) in [5.74, 6) is 1.81. The number of nitrogens with zero attached hydrogens (tertiary/aromatic N) is 4. The summed E-state index contributed by atoms with van der Waals surface area (Å²) in [5, 5.41) is 6.05. The number of anilines is 2. The highest BCUT2D eigenvalue weighted by Crippen LogP contribution is 2.33. The van der Waals surface area contributed by atoms with Gasteiger partial charge < -0.3 is 20.1 Å². The number of hydrogen-bond donors (Lipinski definition) is 2. The number of para-hydroxylation sites is 2. The number of imidazole rings is 2. The summed E-state index contributed by atoms with van der Waals surface area (Å²) in [6, 6.07) is 43.5. The zero-order valence-corrected chi connectivity index (χ0v) is 33.0. The smallest absolute Gasteiger partial charge is 0.275 e. The Balaban J connectivity index is 0.000000179. The highest BCUT2D eigenvalue weighted by atomic mass is 19.1. The molecule has 2 N–H and O–H groups in total. The highest BCUT2D eigenvalue weighted by molar-refractivity contribution is 6.03. The largest absolute Gasteiger partial charge is 0.496 e. The lowest BCUT2D eigenvalue weighted by Gasteiger charge is -2.11. The molecule has 1 amide bonds. The minimum Gasteiger partial charge on any atom is -0.496 e. The zero-order chi connectivity index (χ0) is 41.3. The molecule has 0 saturated carbocycles. The Morgan fingerprint density at radius 1 is 0.576 bits per heavy atom. The van der Waals surface area contributed by atoms with Crippen molar-refractivity contribution in [1.29, 1.82) is 0 Å². The fraction of sp³-hybridized carbons (Fsp3) is 0.104. The fourth-order valence-corrected chi connectivity index (χ4v) is 6.34. The number of carbonyl (C=O) groups excluding carboxylic acids is 1. The summed E-state index contributed by atoms with van der Waals surface area (Å²) in [7, 11) is 3.26. The summed E-state index contributed by atoms with van der Waals surface area (Å²) in [4.78, 5) is 22.3. The van der Waals surface area contributed by atoms with Gasteiger partial charge in [0, 0.05) is 35.1 Å². The van der Waals surface area contributed by atoms with Crippen LogP contribution in [0, 0.1) is 25.5 Å². The van der Waals surface area contributed by atoms with Gasteiger partial charge in [0.25, 0.3) is 5.91 Å². The molecular weight excluding hydrogens is 747 g/mol. The SMILES string of the molecule is COc1ccccc1-c1nc(C(=O)Nc2ccc(F)cc2)cn1-c1ccc(C)cc1.COc1ccccc1-c1nc(CNc2ccc(F)cc2)cn1-c1ccc(C)cc1.